The van der Waals surface area contributed by atoms with Gasteiger partial charge >= 0.3 is 0 Å². The number of carbonyl (C=O) groups is 2. The Morgan fingerprint density at radius 3 is 2.00 bits per heavy atom. The van der Waals surface area contributed by atoms with Gasteiger partial charge in [-0.05, 0) is 53.6 Å². The first-order valence-corrected chi connectivity index (χ1v) is 8.29. The molecule has 25 heavy (non-hydrogen) atoms. The van der Waals surface area contributed by atoms with Gasteiger partial charge in [0.25, 0.3) is 11.8 Å². The van der Waals surface area contributed by atoms with Crippen molar-refractivity contribution in [2.45, 2.75) is 0 Å². The van der Waals surface area contributed by atoms with Crippen molar-refractivity contribution in [3.63, 3.8) is 0 Å². The van der Waals surface area contributed by atoms with Crippen LogP contribution in [-0.4, -0.2) is 16.8 Å². The number of hydrazine groups is 1. The fourth-order valence-electron chi connectivity index (χ4n) is 2.25. The molecule has 2 amide bonds. The monoisotopic (exact) mass is 395 g/mol. The zero-order valence-electron chi connectivity index (χ0n) is 13.1. The van der Waals surface area contributed by atoms with Gasteiger partial charge in [-0.15, -0.1) is 0 Å². The van der Waals surface area contributed by atoms with Crippen LogP contribution in [0.2, 0.25) is 0 Å². The first-order valence-electron chi connectivity index (χ1n) is 7.50. The van der Waals surface area contributed by atoms with Gasteiger partial charge in [0.1, 0.15) is 0 Å². The minimum atomic E-state index is -0.386. The van der Waals surface area contributed by atoms with Gasteiger partial charge in [-0.3, -0.25) is 25.4 Å². The van der Waals surface area contributed by atoms with E-state index in [-0.39, 0.29) is 11.8 Å². The average Bonchev–Trinajstić information content (AvgIpc) is 2.66. The minimum absolute atomic E-state index is 0.385. The lowest BCUT2D eigenvalue weighted by molar-refractivity contribution is 0.0846. The Hall–Kier alpha value is -2.99. The molecule has 6 heteroatoms. The second-order valence-electron chi connectivity index (χ2n) is 5.23. The molecule has 0 aliphatic carbocycles. The van der Waals surface area contributed by atoms with Gasteiger partial charge in [0, 0.05) is 28.0 Å². The standard InChI is InChI=1S/C19H14BrN3O2/c20-17-3-1-2-16(12-17)19(25)23-22-18(24)15-6-4-13(5-7-15)14-8-10-21-11-9-14/h1-12H,(H,22,24)(H,23,25). The number of hydrogen-bond donors (Lipinski definition) is 2. The second kappa shape index (κ2) is 7.72. The molecule has 0 bridgehead atoms. The van der Waals surface area contributed by atoms with Crippen LogP contribution in [0.25, 0.3) is 11.1 Å². The van der Waals surface area contributed by atoms with Crippen molar-refractivity contribution in [3.05, 3.63) is 88.7 Å². The van der Waals surface area contributed by atoms with Crippen LogP contribution in [0.4, 0.5) is 0 Å². The molecule has 1 heterocycles. The summed E-state index contributed by atoms with van der Waals surface area (Å²) >= 11 is 3.30. The first kappa shape index (κ1) is 16.9. The molecular weight excluding hydrogens is 382 g/mol. The van der Waals surface area contributed by atoms with Crippen LogP contribution in [0.5, 0.6) is 0 Å². The number of amides is 2. The van der Waals surface area contributed by atoms with E-state index in [0.717, 1.165) is 15.6 Å². The van der Waals surface area contributed by atoms with E-state index < -0.39 is 0 Å². The van der Waals surface area contributed by atoms with Gasteiger partial charge in [0.05, 0.1) is 0 Å². The molecule has 2 aromatic carbocycles. The Labute approximate surface area is 153 Å². The van der Waals surface area contributed by atoms with Crippen LogP contribution in [0.3, 0.4) is 0 Å². The summed E-state index contributed by atoms with van der Waals surface area (Å²) in [6.07, 6.45) is 3.43. The zero-order chi connectivity index (χ0) is 17.6. The SMILES string of the molecule is O=C(NNC(=O)c1cccc(Br)c1)c1ccc(-c2ccncc2)cc1. The van der Waals surface area contributed by atoms with Crippen molar-refractivity contribution in [1.29, 1.82) is 0 Å². The molecule has 3 rings (SSSR count). The molecule has 0 radical (unpaired) electrons. The molecule has 124 valence electrons. The summed E-state index contributed by atoms with van der Waals surface area (Å²) in [5.74, 6) is -0.771. The summed E-state index contributed by atoms with van der Waals surface area (Å²) < 4.78 is 0.790. The maximum Gasteiger partial charge on any atom is 0.269 e. The van der Waals surface area contributed by atoms with Crippen molar-refractivity contribution in [3.8, 4) is 11.1 Å². The van der Waals surface area contributed by atoms with Gasteiger partial charge < -0.3 is 0 Å². The van der Waals surface area contributed by atoms with Crippen molar-refractivity contribution >= 4 is 27.7 Å². The third-order valence-electron chi connectivity index (χ3n) is 3.54. The van der Waals surface area contributed by atoms with E-state index >= 15 is 0 Å². The molecule has 1 aromatic heterocycles. The lowest BCUT2D eigenvalue weighted by Crippen LogP contribution is -2.41. The Balaban J connectivity index is 1.63. The van der Waals surface area contributed by atoms with E-state index in [1.807, 2.05) is 30.3 Å². The molecule has 0 fully saturated rings. The smallest absolute Gasteiger partial charge is 0.267 e. The summed E-state index contributed by atoms with van der Waals surface area (Å²) in [6, 6.07) is 17.8. The number of halogens is 1. The molecule has 5 nitrogen and oxygen atoms in total. The molecule has 2 N–H and O–H groups in total. The van der Waals surface area contributed by atoms with Crippen molar-refractivity contribution < 1.29 is 9.59 Å². The Kier molecular flexibility index (Phi) is 5.20. The van der Waals surface area contributed by atoms with Gasteiger partial charge in [-0.2, -0.15) is 0 Å². The minimum Gasteiger partial charge on any atom is -0.267 e. The quantitative estimate of drug-likeness (QED) is 0.665. The average molecular weight is 396 g/mol. The third kappa shape index (κ3) is 4.30. The lowest BCUT2D eigenvalue weighted by Gasteiger charge is -2.08. The summed E-state index contributed by atoms with van der Waals surface area (Å²) in [6.45, 7) is 0. The van der Waals surface area contributed by atoms with Crippen LogP contribution in [-0.2, 0) is 0 Å². The van der Waals surface area contributed by atoms with E-state index in [1.165, 1.54) is 0 Å². The highest BCUT2D eigenvalue weighted by atomic mass is 79.9. The normalized spacial score (nSPS) is 10.1. The molecular formula is C19H14BrN3O2. The van der Waals surface area contributed by atoms with Gasteiger partial charge in [0.2, 0.25) is 0 Å². The highest BCUT2D eigenvalue weighted by Crippen LogP contribution is 2.18. The van der Waals surface area contributed by atoms with Crippen molar-refractivity contribution in [2.24, 2.45) is 0 Å². The Bertz CT molecular complexity index is 896. The third-order valence-corrected chi connectivity index (χ3v) is 4.03. The first-order chi connectivity index (χ1) is 12.1. The molecule has 0 saturated heterocycles. The fraction of sp³-hybridized carbons (Fsp3) is 0. The fourth-order valence-corrected chi connectivity index (χ4v) is 2.65. The van der Waals surface area contributed by atoms with Crippen LogP contribution in [0.15, 0.2) is 77.5 Å². The van der Waals surface area contributed by atoms with E-state index in [0.29, 0.717) is 11.1 Å². The van der Waals surface area contributed by atoms with Crippen LogP contribution >= 0.6 is 15.9 Å². The van der Waals surface area contributed by atoms with Crippen molar-refractivity contribution in [1.82, 2.24) is 15.8 Å². The predicted octanol–water partition coefficient (Wildman–Crippen LogP) is 3.59. The maximum absolute atomic E-state index is 12.2. The van der Waals surface area contributed by atoms with Crippen LogP contribution in [0, 0.1) is 0 Å². The summed E-state index contributed by atoms with van der Waals surface area (Å²) in [7, 11) is 0. The van der Waals surface area contributed by atoms with Crippen molar-refractivity contribution in [2.75, 3.05) is 0 Å². The van der Waals surface area contributed by atoms with Crippen LogP contribution < -0.4 is 10.9 Å². The molecule has 0 aliphatic rings. The summed E-state index contributed by atoms with van der Waals surface area (Å²) in [5, 5.41) is 0. The van der Waals surface area contributed by atoms with E-state index in [2.05, 4.69) is 31.8 Å². The highest BCUT2D eigenvalue weighted by Gasteiger charge is 2.09. The Morgan fingerprint density at radius 2 is 1.36 bits per heavy atom. The molecule has 0 atom stereocenters. The number of nitrogens with one attached hydrogen (secondary N) is 2. The predicted molar refractivity (Wildman–Crippen MR) is 98.7 cm³/mol. The number of pyridine rings is 1. The number of carbonyl (C=O) groups excluding carboxylic acids is 2. The topological polar surface area (TPSA) is 71.1 Å². The molecule has 0 unspecified atom stereocenters. The maximum atomic E-state index is 12.2. The number of rotatable bonds is 3. The van der Waals surface area contributed by atoms with E-state index in [9.17, 15) is 9.59 Å². The molecule has 0 saturated carbocycles. The summed E-state index contributed by atoms with van der Waals surface area (Å²) in [4.78, 5) is 28.1. The van der Waals surface area contributed by atoms with Gasteiger partial charge in [-0.1, -0.05) is 34.1 Å². The number of hydrogen-bond acceptors (Lipinski definition) is 3. The van der Waals surface area contributed by atoms with E-state index in [4.69, 9.17) is 0 Å². The molecule has 3 aromatic rings. The van der Waals surface area contributed by atoms with Gasteiger partial charge in [-0.25, -0.2) is 0 Å². The highest BCUT2D eigenvalue weighted by molar-refractivity contribution is 9.10. The number of benzene rings is 2. The number of aromatic nitrogens is 1. The molecule has 0 aliphatic heterocycles. The second-order valence-corrected chi connectivity index (χ2v) is 6.15. The van der Waals surface area contributed by atoms with Crippen LogP contribution in [0.1, 0.15) is 20.7 Å². The lowest BCUT2D eigenvalue weighted by atomic mass is 10.1. The Morgan fingerprint density at radius 1 is 0.760 bits per heavy atom. The number of nitrogens with zero attached hydrogens (tertiary/aromatic N) is 1. The molecule has 0 spiro atoms. The van der Waals surface area contributed by atoms with Gasteiger partial charge in [0.15, 0.2) is 0 Å². The summed E-state index contributed by atoms with van der Waals surface area (Å²) in [5.41, 5.74) is 7.72. The largest absolute Gasteiger partial charge is 0.269 e. The zero-order valence-corrected chi connectivity index (χ0v) is 14.7. The van der Waals surface area contributed by atoms with E-state index in [1.54, 1.807) is 42.7 Å².